The lowest BCUT2D eigenvalue weighted by Crippen LogP contribution is -2.10. The maximum Gasteiger partial charge on any atom is -0.0297 e. The SMILES string of the molecule is CCCCCCCCC1CCCC2(CCC1)CC2. The zero-order chi connectivity index (χ0) is 12.7. The highest BCUT2D eigenvalue weighted by molar-refractivity contribution is 4.93. The van der Waals surface area contributed by atoms with Gasteiger partial charge in [-0.1, -0.05) is 77.6 Å². The van der Waals surface area contributed by atoms with E-state index >= 15 is 0 Å². The first-order chi connectivity index (χ1) is 8.85. The summed E-state index contributed by atoms with van der Waals surface area (Å²) in [4.78, 5) is 0. The normalized spacial score (nSPS) is 23.8. The first-order valence-electron chi connectivity index (χ1n) is 8.85. The summed E-state index contributed by atoms with van der Waals surface area (Å²) in [7, 11) is 0. The van der Waals surface area contributed by atoms with Crippen molar-refractivity contribution in [2.24, 2.45) is 11.3 Å². The van der Waals surface area contributed by atoms with Crippen LogP contribution in [0.4, 0.5) is 0 Å². The Kier molecular flexibility index (Phi) is 6.05. The van der Waals surface area contributed by atoms with E-state index in [0.717, 1.165) is 11.3 Å². The number of hydrogen-bond acceptors (Lipinski definition) is 0. The van der Waals surface area contributed by atoms with Crippen LogP contribution in [0.2, 0.25) is 0 Å². The van der Waals surface area contributed by atoms with E-state index in [4.69, 9.17) is 0 Å². The Bertz CT molecular complexity index is 202. The Balaban J connectivity index is 1.50. The first kappa shape index (κ1) is 14.4. The fourth-order valence-corrected chi connectivity index (χ4v) is 3.98. The summed E-state index contributed by atoms with van der Waals surface area (Å²) in [5.74, 6) is 1.09. The largest absolute Gasteiger partial charge is 0.0654 e. The smallest absolute Gasteiger partial charge is 0.0297 e. The van der Waals surface area contributed by atoms with Crippen molar-refractivity contribution in [3.8, 4) is 0 Å². The second kappa shape index (κ2) is 7.56. The molecule has 0 aromatic carbocycles. The van der Waals surface area contributed by atoms with Gasteiger partial charge in [0.1, 0.15) is 0 Å². The van der Waals surface area contributed by atoms with Crippen LogP contribution in [0.15, 0.2) is 0 Å². The van der Waals surface area contributed by atoms with Crippen LogP contribution < -0.4 is 0 Å². The van der Waals surface area contributed by atoms with E-state index in [1.807, 2.05) is 0 Å². The quantitative estimate of drug-likeness (QED) is 0.453. The fourth-order valence-electron chi connectivity index (χ4n) is 3.98. The molecule has 0 heteroatoms. The third-order valence-corrected chi connectivity index (χ3v) is 5.56. The molecule has 0 aromatic heterocycles. The summed E-state index contributed by atoms with van der Waals surface area (Å²) >= 11 is 0. The van der Waals surface area contributed by atoms with Crippen molar-refractivity contribution < 1.29 is 0 Å². The van der Waals surface area contributed by atoms with Crippen molar-refractivity contribution in [2.45, 2.75) is 103 Å². The summed E-state index contributed by atoms with van der Waals surface area (Å²) in [6.45, 7) is 2.31. The van der Waals surface area contributed by atoms with Gasteiger partial charge >= 0.3 is 0 Å². The maximum absolute atomic E-state index is 2.31. The van der Waals surface area contributed by atoms with Crippen LogP contribution in [0.3, 0.4) is 0 Å². The topological polar surface area (TPSA) is 0 Å². The molecule has 2 aliphatic rings. The molecule has 0 amide bonds. The van der Waals surface area contributed by atoms with Gasteiger partial charge in [0.25, 0.3) is 0 Å². The number of unbranched alkanes of at least 4 members (excludes halogenated alkanes) is 5. The molecular weight excluding hydrogens is 216 g/mol. The summed E-state index contributed by atoms with van der Waals surface area (Å²) in [5, 5.41) is 0. The number of hydrogen-bond donors (Lipinski definition) is 0. The average molecular weight is 250 g/mol. The van der Waals surface area contributed by atoms with Crippen LogP contribution >= 0.6 is 0 Å². The lowest BCUT2D eigenvalue weighted by molar-refractivity contribution is 0.287. The summed E-state index contributed by atoms with van der Waals surface area (Å²) < 4.78 is 0. The molecule has 0 nitrogen and oxygen atoms in total. The Labute approximate surface area is 115 Å². The molecule has 0 aromatic rings. The molecule has 0 radical (unpaired) electrons. The van der Waals surface area contributed by atoms with Crippen LogP contribution in [0.25, 0.3) is 0 Å². The standard InChI is InChI=1S/C18H34/c1-2-3-4-5-6-7-10-17-11-8-13-18(15-16-18)14-9-12-17/h17H,2-16H2,1H3. The predicted octanol–water partition coefficient (Wildman–Crippen LogP) is 6.49. The van der Waals surface area contributed by atoms with Gasteiger partial charge in [-0.3, -0.25) is 0 Å². The molecule has 2 rings (SSSR count). The number of rotatable bonds is 7. The average Bonchev–Trinajstić information content (AvgIpc) is 3.11. The monoisotopic (exact) mass is 250 g/mol. The van der Waals surface area contributed by atoms with E-state index in [2.05, 4.69) is 6.92 Å². The van der Waals surface area contributed by atoms with Crippen molar-refractivity contribution in [1.29, 1.82) is 0 Å². The second-order valence-electron chi connectivity index (χ2n) is 7.21. The van der Waals surface area contributed by atoms with E-state index in [1.165, 1.54) is 38.5 Å². The lowest BCUT2D eigenvalue weighted by Gasteiger charge is -2.24. The molecular formula is C18H34. The van der Waals surface area contributed by atoms with Gasteiger partial charge in [-0.2, -0.15) is 0 Å². The highest BCUT2D eigenvalue weighted by atomic mass is 14.5. The Morgan fingerprint density at radius 3 is 2.00 bits per heavy atom. The van der Waals surface area contributed by atoms with Gasteiger partial charge in [-0.05, 0) is 37.0 Å². The molecule has 0 bridgehead atoms. The van der Waals surface area contributed by atoms with Gasteiger partial charge < -0.3 is 0 Å². The Morgan fingerprint density at radius 1 is 0.778 bits per heavy atom. The molecule has 106 valence electrons. The third kappa shape index (κ3) is 4.94. The van der Waals surface area contributed by atoms with Gasteiger partial charge in [-0.15, -0.1) is 0 Å². The van der Waals surface area contributed by atoms with Gasteiger partial charge in [0.15, 0.2) is 0 Å². The Hall–Kier alpha value is 0. The van der Waals surface area contributed by atoms with Crippen molar-refractivity contribution in [2.75, 3.05) is 0 Å². The minimum atomic E-state index is 0.880. The van der Waals surface area contributed by atoms with Crippen molar-refractivity contribution in [3.05, 3.63) is 0 Å². The van der Waals surface area contributed by atoms with E-state index in [0.29, 0.717) is 0 Å². The maximum atomic E-state index is 2.31. The minimum absolute atomic E-state index is 0.880. The van der Waals surface area contributed by atoms with E-state index < -0.39 is 0 Å². The predicted molar refractivity (Wildman–Crippen MR) is 80.9 cm³/mol. The second-order valence-corrected chi connectivity index (χ2v) is 7.21. The van der Waals surface area contributed by atoms with E-state index in [1.54, 1.807) is 57.8 Å². The van der Waals surface area contributed by atoms with Gasteiger partial charge in [0.05, 0.1) is 0 Å². The zero-order valence-corrected chi connectivity index (χ0v) is 12.7. The molecule has 18 heavy (non-hydrogen) atoms. The molecule has 2 fully saturated rings. The molecule has 2 aliphatic carbocycles. The highest BCUT2D eigenvalue weighted by Crippen LogP contribution is 2.55. The van der Waals surface area contributed by atoms with Gasteiger partial charge in [0, 0.05) is 0 Å². The molecule has 2 saturated carbocycles. The molecule has 0 heterocycles. The summed E-state index contributed by atoms with van der Waals surface area (Å²) in [6.07, 6.45) is 22.8. The van der Waals surface area contributed by atoms with Crippen molar-refractivity contribution >= 4 is 0 Å². The highest BCUT2D eigenvalue weighted by Gasteiger charge is 2.41. The minimum Gasteiger partial charge on any atom is -0.0654 e. The van der Waals surface area contributed by atoms with Crippen LogP contribution in [-0.2, 0) is 0 Å². The third-order valence-electron chi connectivity index (χ3n) is 5.56. The Morgan fingerprint density at radius 2 is 1.39 bits per heavy atom. The van der Waals surface area contributed by atoms with Crippen LogP contribution in [0, 0.1) is 11.3 Å². The van der Waals surface area contributed by atoms with Crippen LogP contribution in [0.5, 0.6) is 0 Å². The van der Waals surface area contributed by atoms with E-state index in [9.17, 15) is 0 Å². The van der Waals surface area contributed by atoms with Gasteiger partial charge in [0.2, 0.25) is 0 Å². The molecule has 0 N–H and O–H groups in total. The van der Waals surface area contributed by atoms with E-state index in [-0.39, 0.29) is 0 Å². The van der Waals surface area contributed by atoms with Crippen LogP contribution in [-0.4, -0.2) is 0 Å². The molecule has 0 unspecified atom stereocenters. The summed E-state index contributed by atoms with van der Waals surface area (Å²) in [6, 6.07) is 0. The summed E-state index contributed by atoms with van der Waals surface area (Å²) in [5.41, 5.74) is 0.880. The lowest BCUT2D eigenvalue weighted by atomic mass is 9.82. The molecule has 0 atom stereocenters. The van der Waals surface area contributed by atoms with Gasteiger partial charge in [-0.25, -0.2) is 0 Å². The van der Waals surface area contributed by atoms with Crippen molar-refractivity contribution in [3.63, 3.8) is 0 Å². The first-order valence-corrected chi connectivity index (χ1v) is 8.85. The zero-order valence-electron chi connectivity index (χ0n) is 12.7. The molecule has 0 saturated heterocycles. The van der Waals surface area contributed by atoms with Crippen molar-refractivity contribution in [1.82, 2.24) is 0 Å². The fraction of sp³-hybridized carbons (Fsp3) is 1.00. The molecule has 0 aliphatic heterocycles. The van der Waals surface area contributed by atoms with Crippen LogP contribution in [0.1, 0.15) is 103 Å². The molecule has 1 spiro atoms.